The van der Waals surface area contributed by atoms with E-state index in [2.05, 4.69) is 58.9 Å². The molecule has 0 aliphatic heterocycles. The maximum Gasteiger partial charge on any atom is 0.295 e. The van der Waals surface area contributed by atoms with Gasteiger partial charge in [-0.2, -0.15) is 0 Å². The number of rotatable bonds is 16. The van der Waals surface area contributed by atoms with Crippen molar-refractivity contribution in [1.29, 1.82) is 0 Å². The molecule has 0 aromatic heterocycles. The molecule has 1 N–H and O–H groups in total. The fraction of sp³-hybridized carbons (Fsp3) is 0.958. The Morgan fingerprint density at radius 2 is 0.951 bits per heavy atom. The average Bonchev–Trinajstić information content (AvgIpc) is 2.55. The maximum atomic E-state index is 12.6. The molecule has 41 heavy (non-hydrogen) atoms. The van der Waals surface area contributed by atoms with Crippen LogP contribution in [0.15, 0.2) is 0 Å². The third-order valence-corrected chi connectivity index (χ3v) is 14.0. The predicted molar refractivity (Wildman–Crippen MR) is 182 cm³/mol. The topological polar surface area (TPSA) is 133 Å². The van der Waals surface area contributed by atoms with Crippen molar-refractivity contribution in [2.24, 2.45) is 0 Å². The van der Waals surface area contributed by atoms with Gasteiger partial charge in [-0.25, -0.2) is 0 Å². The van der Waals surface area contributed by atoms with E-state index < -0.39 is 76.0 Å². The van der Waals surface area contributed by atoms with Gasteiger partial charge in [0.25, 0.3) is 5.97 Å². The molecular weight excluding hydrogens is 648 g/mol. The molecule has 0 saturated carbocycles. The van der Waals surface area contributed by atoms with Crippen LogP contribution in [0.4, 0.5) is 0 Å². The lowest BCUT2D eigenvalue weighted by atomic mass is 10.1. The van der Waals surface area contributed by atoms with Gasteiger partial charge in [-0.05, 0) is 118 Å². The van der Waals surface area contributed by atoms with Crippen molar-refractivity contribution < 1.29 is 45.5 Å². The van der Waals surface area contributed by atoms with Crippen LogP contribution in [0, 0.1) is 0 Å². The highest BCUT2D eigenvalue weighted by atomic mass is 31.2. The van der Waals surface area contributed by atoms with Gasteiger partial charge >= 0.3 is 0 Å². The monoisotopic (exact) mass is 709 g/mol. The van der Waals surface area contributed by atoms with Gasteiger partial charge in [-0.1, -0.05) is 0 Å². The lowest BCUT2D eigenvalue weighted by molar-refractivity contribution is -0.210. The number of carbonyl (C=O) groups excluding carboxylic acids is 1. The van der Waals surface area contributed by atoms with Crippen molar-refractivity contribution >= 4 is 63.7 Å². The van der Waals surface area contributed by atoms with Crippen LogP contribution < -0.4 is 4.89 Å². The third-order valence-electron chi connectivity index (χ3n) is 3.97. The molecule has 0 spiro atoms. The molecule has 0 aromatic carbocycles. The molecular formula is C24H62O10PSi6-. The van der Waals surface area contributed by atoms with E-state index >= 15 is 0 Å². The van der Waals surface area contributed by atoms with Gasteiger partial charge in [0.05, 0.1) is 31.3 Å². The highest BCUT2D eigenvalue weighted by Crippen LogP contribution is 2.44. The van der Waals surface area contributed by atoms with Gasteiger partial charge in [0.15, 0.2) is 41.6 Å². The van der Waals surface area contributed by atoms with Crippen molar-refractivity contribution in [3.05, 3.63) is 0 Å². The second kappa shape index (κ2) is 16.3. The summed E-state index contributed by atoms with van der Waals surface area (Å²) in [6.45, 7) is 35.4. The smallest absolute Gasteiger partial charge is 0.295 e. The predicted octanol–water partition coefficient (Wildman–Crippen LogP) is 6.57. The van der Waals surface area contributed by atoms with Gasteiger partial charge in [-0.15, -0.1) is 0 Å². The standard InChI is InChI=1S/C18H44O6Si4.C6H19O4PSi2/c1-25(2,3)21-15(13-17(20)23-27(7,8)9)18(24-28(10,11)12)16(14-19)22-26(4,5)6;1-12(2,3)9-11(7,8)10-13(4,5)6/h15-16,18-19H,13-14H2,1-12H3;1-6H3,(H,7,8)/p-1/t15-,16-,18+;/m1./s1. The minimum atomic E-state index is -4.06. The van der Waals surface area contributed by atoms with E-state index in [4.69, 9.17) is 26.1 Å². The van der Waals surface area contributed by atoms with E-state index in [9.17, 15) is 19.4 Å². The molecule has 3 atom stereocenters. The van der Waals surface area contributed by atoms with Gasteiger partial charge in [0.1, 0.15) is 0 Å². The number of phosphoric acid groups is 1. The molecule has 0 aromatic rings. The molecule has 0 aliphatic rings. The minimum Gasteiger partial charge on any atom is -0.757 e. The number of hydrogen-bond acceptors (Lipinski definition) is 10. The molecule has 0 aliphatic carbocycles. The summed E-state index contributed by atoms with van der Waals surface area (Å²) in [7, 11) is -16.1. The summed E-state index contributed by atoms with van der Waals surface area (Å²) in [6.07, 6.45) is -1.44. The molecule has 10 nitrogen and oxygen atoms in total. The van der Waals surface area contributed by atoms with Crippen molar-refractivity contribution in [1.82, 2.24) is 0 Å². The van der Waals surface area contributed by atoms with E-state index in [0.29, 0.717) is 0 Å². The molecule has 17 heteroatoms. The third kappa shape index (κ3) is 28.0. The van der Waals surface area contributed by atoms with E-state index in [1.54, 1.807) is 0 Å². The van der Waals surface area contributed by atoms with Crippen LogP contribution in [0.1, 0.15) is 6.42 Å². The normalized spacial score (nSPS) is 16.4. The molecule has 0 amide bonds. The van der Waals surface area contributed by atoms with E-state index in [1.165, 1.54) is 0 Å². The van der Waals surface area contributed by atoms with Crippen LogP contribution in [-0.2, 0) is 35.5 Å². The van der Waals surface area contributed by atoms with Crippen molar-refractivity contribution in [3.63, 3.8) is 0 Å². The van der Waals surface area contributed by atoms with Crippen LogP contribution in [0.5, 0.6) is 0 Å². The zero-order valence-electron chi connectivity index (χ0n) is 29.2. The molecule has 248 valence electrons. The summed E-state index contributed by atoms with van der Waals surface area (Å²) in [5, 5.41) is 10.1. The first-order chi connectivity index (χ1) is 17.6. The zero-order valence-corrected chi connectivity index (χ0v) is 36.1. The van der Waals surface area contributed by atoms with Crippen molar-refractivity contribution in [2.75, 3.05) is 6.61 Å². The van der Waals surface area contributed by atoms with Crippen molar-refractivity contribution in [3.8, 4) is 0 Å². The first-order valence-electron chi connectivity index (χ1n) is 14.2. The van der Waals surface area contributed by atoms with Gasteiger partial charge in [0, 0.05) is 0 Å². The number of aliphatic hydroxyl groups is 1. The first-order valence-corrected chi connectivity index (χ1v) is 36.1. The second-order valence-corrected chi connectivity index (χ2v) is 44.7. The summed E-state index contributed by atoms with van der Waals surface area (Å²) >= 11 is 0. The van der Waals surface area contributed by atoms with Crippen LogP contribution in [-0.4, -0.2) is 85.9 Å². The lowest BCUT2D eigenvalue weighted by Crippen LogP contribution is -2.54. The van der Waals surface area contributed by atoms with Crippen LogP contribution in [0.25, 0.3) is 0 Å². The van der Waals surface area contributed by atoms with E-state index in [0.717, 1.165) is 0 Å². The molecule has 0 unspecified atom stereocenters. The fourth-order valence-corrected chi connectivity index (χ4v) is 13.4. The van der Waals surface area contributed by atoms with Crippen LogP contribution in [0.3, 0.4) is 0 Å². The molecule has 0 fully saturated rings. The highest BCUT2D eigenvalue weighted by Gasteiger charge is 2.41. The van der Waals surface area contributed by atoms with Gasteiger partial charge < -0.3 is 36.1 Å². The Morgan fingerprint density at radius 1 is 0.610 bits per heavy atom. The molecule has 0 bridgehead atoms. The molecule has 0 heterocycles. The fourth-order valence-electron chi connectivity index (χ4n) is 3.38. The van der Waals surface area contributed by atoms with Gasteiger partial charge in [0.2, 0.25) is 16.1 Å². The van der Waals surface area contributed by atoms with Crippen LogP contribution in [0.2, 0.25) is 118 Å². The second-order valence-electron chi connectivity index (χ2n) is 16.1. The summed E-state index contributed by atoms with van der Waals surface area (Å²) in [4.78, 5) is 23.9. The molecule has 0 saturated heterocycles. The SMILES string of the molecule is C[Si](C)(C)OC(=O)C[C@@H](O[Si](C)(C)C)[C@H](O[Si](C)(C)C)[C@@H](CO)O[Si](C)(C)C.C[Si](C)(C)OP(=O)([O-])O[Si](C)(C)C. The van der Waals surface area contributed by atoms with Crippen LogP contribution >= 0.6 is 7.82 Å². The Labute approximate surface area is 257 Å². The Bertz CT molecular complexity index is 817. The zero-order chi connectivity index (χ0) is 33.5. The number of hydrogen-bond donors (Lipinski definition) is 1. The number of aliphatic hydroxyl groups excluding tert-OH is 1. The Balaban J connectivity index is 0. The molecule has 0 radical (unpaired) electrons. The number of carbonyl (C=O) groups is 1. The first kappa shape index (κ1) is 43.8. The van der Waals surface area contributed by atoms with E-state index in [-0.39, 0.29) is 19.0 Å². The highest BCUT2D eigenvalue weighted by molar-refractivity contribution is 7.49. The quantitative estimate of drug-likeness (QED) is 0.139. The average molecular weight is 710 g/mol. The largest absolute Gasteiger partial charge is 0.757 e. The lowest BCUT2D eigenvalue weighted by Gasteiger charge is -2.41. The van der Waals surface area contributed by atoms with Crippen molar-refractivity contribution in [2.45, 2.75) is 143 Å². The minimum absolute atomic E-state index is 0.106. The maximum absolute atomic E-state index is 12.6. The summed E-state index contributed by atoms with van der Waals surface area (Å²) in [5.74, 6) is -0.267. The summed E-state index contributed by atoms with van der Waals surface area (Å²) in [6, 6.07) is 0. The Morgan fingerprint density at radius 3 is 1.22 bits per heavy atom. The van der Waals surface area contributed by atoms with Gasteiger partial charge in [-0.3, -0.25) is 9.36 Å². The Hall–Kier alpha value is 0.721. The van der Waals surface area contributed by atoms with E-state index in [1.807, 2.05) is 58.9 Å². The summed E-state index contributed by atoms with van der Waals surface area (Å²) in [5.41, 5.74) is 0. The summed E-state index contributed by atoms with van der Waals surface area (Å²) < 4.78 is 46.0. The Kier molecular flexibility index (Phi) is 17.5. The molecule has 0 rings (SSSR count).